The summed E-state index contributed by atoms with van der Waals surface area (Å²) in [6, 6.07) is 19.9. The van der Waals surface area contributed by atoms with Gasteiger partial charge < -0.3 is 7.43 Å². The molecule has 2 rings (SSSR count). The van der Waals surface area contributed by atoms with E-state index in [9.17, 15) is 0 Å². The minimum atomic E-state index is 0. The Bertz CT molecular complexity index is 426. The van der Waals surface area contributed by atoms with Gasteiger partial charge in [0.2, 0.25) is 0 Å². The maximum Gasteiger partial charge on any atom is 2.00 e. The minimum Gasteiger partial charge on any atom is -0.358 e. The van der Waals surface area contributed by atoms with Crippen LogP contribution in [-0.4, -0.2) is 0 Å². The summed E-state index contributed by atoms with van der Waals surface area (Å²) in [7, 11) is 0. The fourth-order valence-electron chi connectivity index (χ4n) is 1.45. The van der Waals surface area contributed by atoms with Crippen molar-refractivity contribution in [1.29, 1.82) is 0 Å². The molecular weight excluding hydrogens is 450 g/mol. The van der Waals surface area contributed by atoms with Crippen LogP contribution < -0.4 is 0 Å². The Morgan fingerprint density at radius 2 is 1.76 bits per heavy atom. The molecule has 86 valence electrons. The molecule has 2 aromatic rings. The summed E-state index contributed by atoms with van der Waals surface area (Å²) < 4.78 is 0. The molecule has 0 unspecified atom stereocenters. The van der Waals surface area contributed by atoms with Crippen LogP contribution >= 0.6 is 11.8 Å². The molecule has 0 heterocycles. The zero-order valence-corrected chi connectivity index (χ0v) is 15.2. The van der Waals surface area contributed by atoms with Crippen LogP contribution in [0.5, 0.6) is 0 Å². The van der Waals surface area contributed by atoms with Crippen molar-refractivity contribution in [2.24, 2.45) is 0 Å². The molecule has 0 N–H and O–H groups in total. The van der Waals surface area contributed by atoms with Gasteiger partial charge in [-0.05, 0) is 18.1 Å². The van der Waals surface area contributed by atoms with E-state index in [2.05, 4.69) is 43.3 Å². The number of hydrogen-bond donors (Lipinski definition) is 0. The maximum absolute atomic E-state index is 3.23. The summed E-state index contributed by atoms with van der Waals surface area (Å²) in [6.45, 7) is 2.19. The summed E-state index contributed by atoms with van der Waals surface area (Å²) in [5.41, 5.74) is 1.40. The zero-order chi connectivity index (χ0) is 10.5. The molecule has 0 aliphatic carbocycles. The van der Waals surface area contributed by atoms with E-state index in [4.69, 9.17) is 0 Å². The largest absolute Gasteiger partial charge is 2.00 e. The van der Waals surface area contributed by atoms with E-state index in [0.29, 0.717) is 0 Å². The van der Waals surface area contributed by atoms with Crippen molar-refractivity contribution in [3.63, 3.8) is 0 Å². The van der Waals surface area contributed by atoms with Crippen molar-refractivity contribution >= 4 is 11.8 Å². The second-order valence-electron chi connectivity index (χ2n) is 3.29. The van der Waals surface area contributed by atoms with E-state index < -0.39 is 0 Å². The van der Waals surface area contributed by atoms with Gasteiger partial charge in [0.05, 0.1) is 0 Å². The van der Waals surface area contributed by atoms with Crippen LogP contribution in [0.1, 0.15) is 12.5 Å². The Hall–Kier alpha value is -0.158. The molecule has 0 aromatic heterocycles. The zero-order valence-electron chi connectivity index (χ0n) is 10.2. The van der Waals surface area contributed by atoms with Crippen molar-refractivity contribution in [3.05, 3.63) is 67.6 Å². The fourth-order valence-corrected chi connectivity index (χ4v) is 2.45. The SMILES string of the molecule is CCc1ccccc1Sc1[c-]cccc1.[CH3-].[U+2]. The third kappa shape index (κ3) is 4.92. The summed E-state index contributed by atoms with van der Waals surface area (Å²) in [6.07, 6.45) is 1.08. The van der Waals surface area contributed by atoms with Gasteiger partial charge in [-0.2, -0.15) is 30.3 Å². The Labute approximate surface area is 133 Å². The minimum absolute atomic E-state index is 0. The first-order valence-corrected chi connectivity index (χ1v) is 5.94. The van der Waals surface area contributed by atoms with Gasteiger partial charge in [-0.25, -0.2) is 0 Å². The predicted octanol–water partition coefficient (Wildman–Crippen LogP) is 4.65. The van der Waals surface area contributed by atoms with E-state index in [0.717, 1.165) is 6.42 Å². The molecule has 0 aliphatic rings. The molecule has 0 atom stereocenters. The molecule has 2 heteroatoms. The van der Waals surface area contributed by atoms with E-state index in [1.807, 2.05) is 18.2 Å². The van der Waals surface area contributed by atoms with Crippen molar-refractivity contribution in [2.75, 3.05) is 0 Å². The fraction of sp³-hybridized carbons (Fsp3) is 0.133. The van der Waals surface area contributed by atoms with E-state index in [1.165, 1.54) is 15.4 Å². The molecule has 0 saturated carbocycles. The molecule has 0 saturated heterocycles. The molecule has 17 heavy (non-hydrogen) atoms. The summed E-state index contributed by atoms with van der Waals surface area (Å²) in [4.78, 5) is 2.51. The van der Waals surface area contributed by atoms with Gasteiger partial charge in [-0.15, -0.1) is 16.7 Å². The number of aryl methyl sites for hydroxylation is 1. The molecule has 2 aromatic carbocycles. The molecule has 0 aliphatic heterocycles. The Balaban J connectivity index is 0.00000128. The predicted molar refractivity (Wildman–Crippen MR) is 71.6 cm³/mol. The molecular formula is C15H16SU. The number of benzene rings is 2. The van der Waals surface area contributed by atoms with Crippen LogP contribution in [0.4, 0.5) is 0 Å². The van der Waals surface area contributed by atoms with Gasteiger partial charge in [0.1, 0.15) is 0 Å². The average Bonchev–Trinajstić information content (AvgIpc) is 2.31. The molecule has 0 spiro atoms. The van der Waals surface area contributed by atoms with Gasteiger partial charge in [-0.1, -0.05) is 25.1 Å². The van der Waals surface area contributed by atoms with Crippen LogP contribution in [0.25, 0.3) is 0 Å². The summed E-state index contributed by atoms with van der Waals surface area (Å²) >= 11 is 1.78. The van der Waals surface area contributed by atoms with E-state index >= 15 is 0 Å². The van der Waals surface area contributed by atoms with Gasteiger partial charge in [0.15, 0.2) is 0 Å². The van der Waals surface area contributed by atoms with Gasteiger partial charge in [-0.3, -0.25) is 0 Å². The number of hydrogen-bond acceptors (Lipinski definition) is 1. The number of rotatable bonds is 3. The van der Waals surface area contributed by atoms with Crippen molar-refractivity contribution in [2.45, 2.75) is 23.1 Å². The average molecular weight is 466 g/mol. The topological polar surface area (TPSA) is 0 Å². The molecule has 0 bridgehead atoms. The monoisotopic (exact) mass is 466 g/mol. The molecule has 0 amide bonds. The second kappa shape index (κ2) is 8.86. The van der Waals surface area contributed by atoms with Crippen molar-refractivity contribution < 1.29 is 31.1 Å². The van der Waals surface area contributed by atoms with Crippen LogP contribution in [0.2, 0.25) is 0 Å². The quantitative estimate of drug-likeness (QED) is 0.594. The van der Waals surface area contributed by atoms with Crippen LogP contribution in [0, 0.1) is 44.6 Å². The Morgan fingerprint density at radius 1 is 1.06 bits per heavy atom. The first kappa shape index (κ1) is 16.8. The third-order valence-corrected chi connectivity index (χ3v) is 3.35. The Morgan fingerprint density at radius 3 is 2.41 bits per heavy atom. The van der Waals surface area contributed by atoms with Crippen LogP contribution in [-0.2, 0) is 6.42 Å². The van der Waals surface area contributed by atoms with Gasteiger partial charge in [0.25, 0.3) is 0 Å². The summed E-state index contributed by atoms with van der Waals surface area (Å²) in [5, 5.41) is 0. The molecule has 0 fully saturated rings. The Kier molecular flexibility index (Phi) is 8.78. The van der Waals surface area contributed by atoms with Gasteiger partial charge in [0, 0.05) is 4.90 Å². The van der Waals surface area contributed by atoms with Crippen molar-refractivity contribution in [1.82, 2.24) is 0 Å². The first-order valence-electron chi connectivity index (χ1n) is 5.12. The van der Waals surface area contributed by atoms with E-state index in [1.54, 1.807) is 11.8 Å². The van der Waals surface area contributed by atoms with Gasteiger partial charge >= 0.3 is 31.1 Å². The maximum atomic E-state index is 3.23. The third-order valence-electron chi connectivity index (χ3n) is 2.25. The summed E-state index contributed by atoms with van der Waals surface area (Å²) in [5.74, 6) is 0. The normalized spacial score (nSPS) is 9.00. The van der Waals surface area contributed by atoms with Crippen LogP contribution in [0.3, 0.4) is 0 Å². The van der Waals surface area contributed by atoms with E-state index in [-0.39, 0.29) is 38.5 Å². The van der Waals surface area contributed by atoms with Crippen molar-refractivity contribution in [3.8, 4) is 0 Å². The second-order valence-corrected chi connectivity index (χ2v) is 4.37. The standard InChI is InChI=1S/C14H13S.CH3.U/c1-2-12-8-6-7-11-14(12)15-13-9-4-3-5-10-13;;/h3-9,11H,2H2,1H3;1H3;/q2*-1;+2. The van der Waals surface area contributed by atoms with Crippen LogP contribution in [0.15, 0.2) is 58.3 Å². The molecule has 0 radical (unpaired) electrons. The smallest absolute Gasteiger partial charge is 0.358 e. The first-order chi connectivity index (χ1) is 7.40. The molecule has 0 nitrogen and oxygen atoms in total.